The first-order chi connectivity index (χ1) is 9.65. The summed E-state index contributed by atoms with van der Waals surface area (Å²) in [5.74, 6) is 0. The van der Waals surface area contributed by atoms with E-state index in [1.54, 1.807) is 0 Å². The van der Waals surface area contributed by atoms with Crippen molar-refractivity contribution in [3.63, 3.8) is 0 Å². The van der Waals surface area contributed by atoms with Gasteiger partial charge in [-0.1, -0.05) is 65.3 Å². The van der Waals surface area contributed by atoms with Crippen LogP contribution in [-0.4, -0.2) is 7.05 Å². The third kappa shape index (κ3) is 3.50. The van der Waals surface area contributed by atoms with Crippen molar-refractivity contribution in [1.82, 2.24) is 5.32 Å². The van der Waals surface area contributed by atoms with Crippen LogP contribution in [0.15, 0.2) is 46.9 Å². The van der Waals surface area contributed by atoms with Crippen LogP contribution in [0.1, 0.15) is 35.2 Å². The molecule has 20 heavy (non-hydrogen) atoms. The predicted octanol–water partition coefficient (Wildman–Crippen LogP) is 4.82. The average molecular weight is 332 g/mol. The molecule has 2 rings (SSSR count). The summed E-state index contributed by atoms with van der Waals surface area (Å²) >= 11 is 3.72. The first-order valence-electron chi connectivity index (χ1n) is 7.15. The highest BCUT2D eigenvalue weighted by Crippen LogP contribution is 2.28. The molecule has 1 atom stereocenters. The first-order valence-corrected chi connectivity index (χ1v) is 7.95. The molecule has 0 spiro atoms. The number of hydrogen-bond donors (Lipinski definition) is 1. The molecule has 2 aromatic carbocycles. The normalized spacial score (nSPS) is 12.4. The van der Waals surface area contributed by atoms with Gasteiger partial charge in [0.2, 0.25) is 0 Å². The fourth-order valence-corrected chi connectivity index (χ4v) is 2.99. The zero-order valence-corrected chi connectivity index (χ0v) is 14.0. The highest BCUT2D eigenvalue weighted by Gasteiger charge is 2.14. The monoisotopic (exact) mass is 331 g/mol. The van der Waals surface area contributed by atoms with Crippen LogP contribution in [-0.2, 0) is 12.8 Å². The van der Waals surface area contributed by atoms with Crippen LogP contribution in [0.2, 0.25) is 0 Å². The minimum atomic E-state index is 0.330. The molecule has 1 nitrogen and oxygen atoms in total. The lowest BCUT2D eigenvalue weighted by Crippen LogP contribution is -2.19. The second-order valence-corrected chi connectivity index (χ2v) is 5.99. The summed E-state index contributed by atoms with van der Waals surface area (Å²) in [6.45, 7) is 4.33. The average Bonchev–Trinajstić information content (AvgIpc) is 2.48. The topological polar surface area (TPSA) is 12.0 Å². The lowest BCUT2D eigenvalue weighted by atomic mass is 9.97. The van der Waals surface area contributed by atoms with Gasteiger partial charge in [0.1, 0.15) is 0 Å². The van der Waals surface area contributed by atoms with Gasteiger partial charge in [-0.05, 0) is 49.1 Å². The Morgan fingerprint density at radius 2 is 1.70 bits per heavy atom. The number of benzene rings is 2. The Morgan fingerprint density at radius 1 is 1.05 bits per heavy atom. The van der Waals surface area contributed by atoms with Crippen LogP contribution in [0.25, 0.3) is 0 Å². The summed E-state index contributed by atoms with van der Waals surface area (Å²) in [4.78, 5) is 0. The van der Waals surface area contributed by atoms with Gasteiger partial charge < -0.3 is 5.32 Å². The molecular weight excluding hydrogens is 310 g/mol. The van der Waals surface area contributed by atoms with Gasteiger partial charge in [0.05, 0.1) is 0 Å². The SMILES string of the molecule is CCc1ccc(CC(NC)c2cccc(C)c2Br)cc1. The molecule has 106 valence electrons. The molecule has 2 heteroatoms. The van der Waals surface area contributed by atoms with E-state index in [2.05, 4.69) is 77.6 Å². The third-order valence-electron chi connectivity index (χ3n) is 3.82. The number of aryl methyl sites for hydroxylation is 2. The maximum absolute atomic E-state index is 3.72. The fraction of sp³-hybridized carbons (Fsp3) is 0.333. The molecule has 0 saturated heterocycles. The van der Waals surface area contributed by atoms with Gasteiger partial charge >= 0.3 is 0 Å². The van der Waals surface area contributed by atoms with Gasteiger partial charge in [-0.2, -0.15) is 0 Å². The Balaban J connectivity index is 2.21. The van der Waals surface area contributed by atoms with Crippen LogP contribution in [0, 0.1) is 6.92 Å². The number of hydrogen-bond acceptors (Lipinski definition) is 1. The Labute approximate surface area is 130 Å². The molecular formula is C18H22BrN. The van der Waals surface area contributed by atoms with Crippen molar-refractivity contribution < 1.29 is 0 Å². The van der Waals surface area contributed by atoms with Crippen molar-refractivity contribution in [2.75, 3.05) is 7.05 Å². The third-order valence-corrected chi connectivity index (χ3v) is 4.90. The predicted molar refractivity (Wildman–Crippen MR) is 90.2 cm³/mol. The van der Waals surface area contributed by atoms with Gasteiger partial charge in [-0.25, -0.2) is 0 Å². The summed E-state index contributed by atoms with van der Waals surface area (Å²) in [6.07, 6.45) is 2.10. The van der Waals surface area contributed by atoms with Gasteiger partial charge in [-0.15, -0.1) is 0 Å². The zero-order valence-electron chi connectivity index (χ0n) is 12.4. The van der Waals surface area contributed by atoms with E-state index in [0.29, 0.717) is 6.04 Å². The van der Waals surface area contributed by atoms with E-state index in [4.69, 9.17) is 0 Å². The number of nitrogens with one attached hydrogen (secondary N) is 1. The highest BCUT2D eigenvalue weighted by molar-refractivity contribution is 9.10. The van der Waals surface area contributed by atoms with Crippen molar-refractivity contribution in [2.24, 2.45) is 0 Å². The second kappa shape index (κ2) is 7.05. The molecule has 0 radical (unpaired) electrons. The lowest BCUT2D eigenvalue weighted by Gasteiger charge is -2.19. The molecule has 0 fully saturated rings. The fourth-order valence-electron chi connectivity index (χ4n) is 2.45. The molecule has 0 heterocycles. The Morgan fingerprint density at radius 3 is 2.30 bits per heavy atom. The van der Waals surface area contributed by atoms with Crippen LogP contribution in [0.3, 0.4) is 0 Å². The maximum atomic E-state index is 3.72. The van der Waals surface area contributed by atoms with E-state index in [1.165, 1.54) is 26.7 Å². The van der Waals surface area contributed by atoms with Crippen molar-refractivity contribution in [3.8, 4) is 0 Å². The summed E-state index contributed by atoms with van der Waals surface area (Å²) in [5.41, 5.74) is 5.37. The summed E-state index contributed by atoms with van der Waals surface area (Å²) < 4.78 is 1.21. The Kier molecular flexibility index (Phi) is 5.38. The van der Waals surface area contributed by atoms with Gasteiger partial charge in [0.15, 0.2) is 0 Å². The molecule has 0 aliphatic rings. The van der Waals surface area contributed by atoms with E-state index >= 15 is 0 Å². The molecule has 1 unspecified atom stereocenters. The molecule has 0 aliphatic heterocycles. The van der Waals surface area contributed by atoms with Crippen molar-refractivity contribution in [1.29, 1.82) is 0 Å². The number of rotatable bonds is 5. The quantitative estimate of drug-likeness (QED) is 0.827. The molecule has 2 aromatic rings. The Hall–Kier alpha value is -1.12. The lowest BCUT2D eigenvalue weighted by molar-refractivity contribution is 0.589. The van der Waals surface area contributed by atoms with Gasteiger partial charge in [0, 0.05) is 10.5 Å². The molecule has 0 aromatic heterocycles. The maximum Gasteiger partial charge on any atom is 0.0369 e. The molecule has 0 aliphatic carbocycles. The van der Waals surface area contributed by atoms with Gasteiger partial charge in [-0.3, -0.25) is 0 Å². The second-order valence-electron chi connectivity index (χ2n) is 5.19. The molecule has 0 bridgehead atoms. The highest BCUT2D eigenvalue weighted by atomic mass is 79.9. The minimum Gasteiger partial charge on any atom is -0.313 e. The zero-order chi connectivity index (χ0) is 14.5. The largest absolute Gasteiger partial charge is 0.313 e. The molecule has 1 N–H and O–H groups in total. The summed E-state index contributed by atoms with van der Waals surface area (Å²) in [6, 6.07) is 15.7. The Bertz CT molecular complexity index is 560. The summed E-state index contributed by atoms with van der Waals surface area (Å²) in [5, 5.41) is 3.43. The minimum absolute atomic E-state index is 0.330. The number of likely N-dealkylation sites (N-methyl/N-ethyl adjacent to an activating group) is 1. The van der Waals surface area contributed by atoms with Crippen LogP contribution in [0.5, 0.6) is 0 Å². The van der Waals surface area contributed by atoms with Crippen LogP contribution >= 0.6 is 15.9 Å². The van der Waals surface area contributed by atoms with E-state index in [1.807, 2.05) is 7.05 Å². The van der Waals surface area contributed by atoms with E-state index in [-0.39, 0.29) is 0 Å². The van der Waals surface area contributed by atoms with E-state index < -0.39 is 0 Å². The van der Waals surface area contributed by atoms with E-state index in [0.717, 1.165) is 12.8 Å². The summed E-state index contributed by atoms with van der Waals surface area (Å²) in [7, 11) is 2.03. The van der Waals surface area contributed by atoms with Gasteiger partial charge in [0.25, 0.3) is 0 Å². The van der Waals surface area contributed by atoms with Crippen LogP contribution < -0.4 is 5.32 Å². The standard InChI is InChI=1S/C18H22BrN/c1-4-14-8-10-15(11-9-14)12-17(20-3)16-7-5-6-13(2)18(16)19/h5-11,17,20H,4,12H2,1-3H3. The molecule has 0 amide bonds. The van der Waals surface area contributed by atoms with Crippen molar-refractivity contribution in [3.05, 3.63) is 69.2 Å². The van der Waals surface area contributed by atoms with Crippen molar-refractivity contribution in [2.45, 2.75) is 32.7 Å². The first kappa shape index (κ1) is 15.3. The molecule has 0 saturated carbocycles. The van der Waals surface area contributed by atoms with E-state index in [9.17, 15) is 0 Å². The van der Waals surface area contributed by atoms with Crippen LogP contribution in [0.4, 0.5) is 0 Å². The number of halogens is 1. The van der Waals surface area contributed by atoms with Crippen molar-refractivity contribution >= 4 is 15.9 Å². The smallest absolute Gasteiger partial charge is 0.0369 e.